The summed E-state index contributed by atoms with van der Waals surface area (Å²) in [6.45, 7) is 0. The summed E-state index contributed by atoms with van der Waals surface area (Å²) in [5, 5.41) is 0.000000000000000444. The largest absolute Gasteiger partial charge is 0.377 e. The van der Waals surface area contributed by atoms with Crippen molar-refractivity contribution < 1.29 is 22.4 Å². The molecule has 0 aromatic heterocycles. The van der Waals surface area contributed by atoms with Crippen molar-refractivity contribution in [1.82, 2.24) is 0 Å². The molecule has 4 nitrogen and oxygen atoms in total. The maximum absolute atomic E-state index is 4.62. The molecule has 0 saturated heterocycles. The van der Waals surface area contributed by atoms with Gasteiger partial charge in [0.15, 0.2) is 10.2 Å². The monoisotopic (exact) mass is 349 g/mol. The van der Waals surface area contributed by atoms with Gasteiger partial charge in [-0.3, -0.25) is 0 Å². The fourth-order valence-electron chi connectivity index (χ4n) is 0. The summed E-state index contributed by atoms with van der Waals surface area (Å²) in [5.41, 5.74) is 18.5. The van der Waals surface area contributed by atoms with E-state index in [1.165, 1.54) is 0 Å². The van der Waals surface area contributed by atoms with E-state index < -0.39 is 0 Å². The van der Waals surface area contributed by atoms with Gasteiger partial charge in [-0.1, -0.05) is 0 Å². The van der Waals surface area contributed by atoms with Crippen molar-refractivity contribution in [1.29, 1.82) is 0 Å². The van der Waals surface area contributed by atoms with Gasteiger partial charge in [-0.15, -0.1) is 0 Å². The smallest absolute Gasteiger partial charge is 0.160 e. The molecule has 1 radical (unpaired) electrons. The Morgan fingerprint density at radius 1 is 0.778 bits per heavy atom. The van der Waals surface area contributed by atoms with Crippen molar-refractivity contribution in [2.24, 2.45) is 22.9 Å². The Labute approximate surface area is 79.8 Å². The molecular weight excluding hydrogens is 341 g/mol. The maximum atomic E-state index is 4.62. The van der Waals surface area contributed by atoms with Crippen molar-refractivity contribution in [2.75, 3.05) is 0 Å². The molecule has 0 rings (SSSR count). The average molecular weight is 349 g/mol. The zero-order valence-corrected chi connectivity index (χ0v) is 8.23. The molecule has 0 fully saturated rings. The summed E-state index contributed by atoms with van der Waals surface area (Å²) in [7, 11) is 0. The molecule has 8 N–H and O–H groups in total. The molecule has 0 aliphatic heterocycles. The van der Waals surface area contributed by atoms with Gasteiger partial charge in [0.2, 0.25) is 0 Å². The first-order valence-electron chi connectivity index (χ1n) is 1.56. The molecule has 0 bridgehead atoms. The van der Waals surface area contributed by atoms with Crippen LogP contribution in [0.2, 0.25) is 0 Å². The SMILES string of the molecule is NC(N)=S.NC(N)=S.[Au]. The van der Waals surface area contributed by atoms with E-state index in [2.05, 4.69) is 47.4 Å². The number of thiocarbonyl (C=S) groups is 2. The van der Waals surface area contributed by atoms with E-state index in [0.29, 0.717) is 0 Å². The van der Waals surface area contributed by atoms with Crippen LogP contribution in [-0.4, -0.2) is 10.2 Å². The van der Waals surface area contributed by atoms with Crippen LogP contribution in [0.25, 0.3) is 0 Å². The first-order valence-corrected chi connectivity index (χ1v) is 2.38. The van der Waals surface area contributed by atoms with E-state index in [-0.39, 0.29) is 32.6 Å². The van der Waals surface area contributed by atoms with Crippen LogP contribution < -0.4 is 22.9 Å². The van der Waals surface area contributed by atoms with Gasteiger partial charge in [-0.05, 0) is 24.4 Å². The Morgan fingerprint density at radius 3 is 0.778 bits per heavy atom. The van der Waals surface area contributed by atoms with Gasteiger partial charge >= 0.3 is 0 Å². The first-order chi connectivity index (χ1) is 3.46. The predicted octanol–water partition coefficient (Wildman–Crippen LogP) is -1.63. The number of nitrogens with two attached hydrogens (primary N) is 4. The Kier molecular flexibility index (Phi) is 19.6. The summed E-state index contributed by atoms with van der Waals surface area (Å²) >= 11 is 8.19. The fraction of sp³-hybridized carbons (Fsp3) is 0. The number of rotatable bonds is 0. The molecule has 0 saturated carbocycles. The third-order valence-electron chi connectivity index (χ3n) is 0. The second-order valence-corrected chi connectivity index (χ2v) is 1.75. The molecule has 0 unspecified atom stereocenters. The number of hydrogen-bond donors (Lipinski definition) is 4. The van der Waals surface area contributed by atoms with Crippen LogP contribution in [0.15, 0.2) is 0 Å². The maximum Gasteiger partial charge on any atom is 0.160 e. The minimum atomic E-state index is 0. The van der Waals surface area contributed by atoms with Gasteiger partial charge in [-0.25, -0.2) is 0 Å². The predicted molar refractivity (Wildman–Crippen MR) is 41.9 cm³/mol. The van der Waals surface area contributed by atoms with E-state index in [0.717, 1.165) is 0 Å². The van der Waals surface area contributed by atoms with Crippen LogP contribution in [0.5, 0.6) is 0 Å². The minimum Gasteiger partial charge on any atom is -0.377 e. The Balaban J connectivity index is -0.0000000720. The summed E-state index contributed by atoms with van der Waals surface area (Å²) in [5.74, 6) is 0. The van der Waals surface area contributed by atoms with Crippen molar-refractivity contribution in [3.8, 4) is 0 Å². The topological polar surface area (TPSA) is 104 Å². The molecule has 0 aromatic rings. The van der Waals surface area contributed by atoms with E-state index in [1.807, 2.05) is 0 Å². The van der Waals surface area contributed by atoms with Crippen LogP contribution in [0, 0.1) is 0 Å². The standard InChI is InChI=1S/2CH4N2S.Au/c2*2-1(3)4;/h2*(H4,2,3,4);. The Bertz CT molecular complexity index is 74.6. The molecule has 0 atom stereocenters. The minimum absolute atomic E-state index is 0. The Hall–Kier alpha value is 0.120. The molecule has 0 aliphatic carbocycles. The van der Waals surface area contributed by atoms with Crippen LogP contribution in [0.3, 0.4) is 0 Å². The van der Waals surface area contributed by atoms with Gasteiger partial charge in [0.05, 0.1) is 0 Å². The molecule has 0 aromatic carbocycles. The van der Waals surface area contributed by atoms with Crippen LogP contribution in [-0.2, 0) is 22.4 Å². The van der Waals surface area contributed by atoms with Crippen molar-refractivity contribution in [3.05, 3.63) is 0 Å². The summed E-state index contributed by atoms with van der Waals surface area (Å²) in [6.07, 6.45) is 0. The summed E-state index contributed by atoms with van der Waals surface area (Å²) in [6, 6.07) is 0. The second kappa shape index (κ2) is 11.0. The third-order valence-corrected chi connectivity index (χ3v) is 0. The molecule has 0 amide bonds. The van der Waals surface area contributed by atoms with E-state index >= 15 is 0 Å². The quantitative estimate of drug-likeness (QED) is 0.309. The Morgan fingerprint density at radius 2 is 0.778 bits per heavy atom. The van der Waals surface area contributed by atoms with Crippen LogP contribution in [0.1, 0.15) is 0 Å². The van der Waals surface area contributed by atoms with E-state index in [4.69, 9.17) is 0 Å². The molecule has 9 heavy (non-hydrogen) atoms. The molecule has 7 heteroatoms. The van der Waals surface area contributed by atoms with E-state index in [9.17, 15) is 0 Å². The zero-order chi connectivity index (χ0) is 7.15. The van der Waals surface area contributed by atoms with Crippen LogP contribution in [0.4, 0.5) is 0 Å². The first kappa shape index (κ1) is 16.1. The number of hydrogen-bond acceptors (Lipinski definition) is 2. The molecular formula is C2H8AuN4S2. The van der Waals surface area contributed by atoms with Gasteiger partial charge in [-0.2, -0.15) is 0 Å². The van der Waals surface area contributed by atoms with Crippen molar-refractivity contribution >= 4 is 34.7 Å². The fourth-order valence-corrected chi connectivity index (χ4v) is 0. The second-order valence-electron chi connectivity index (χ2n) is 0.805. The van der Waals surface area contributed by atoms with Gasteiger partial charge in [0.1, 0.15) is 0 Å². The molecule has 0 heterocycles. The zero-order valence-electron chi connectivity index (χ0n) is 4.43. The van der Waals surface area contributed by atoms with Gasteiger partial charge in [0, 0.05) is 22.4 Å². The van der Waals surface area contributed by atoms with Crippen molar-refractivity contribution in [2.45, 2.75) is 0 Å². The van der Waals surface area contributed by atoms with Gasteiger partial charge < -0.3 is 22.9 Å². The summed E-state index contributed by atoms with van der Waals surface area (Å²) < 4.78 is 0. The average Bonchev–Trinajstić information content (AvgIpc) is 1.25. The third kappa shape index (κ3) is 21000. The van der Waals surface area contributed by atoms with Crippen LogP contribution >= 0.6 is 24.4 Å². The molecule has 0 aliphatic rings. The molecule has 0 spiro atoms. The summed E-state index contributed by atoms with van der Waals surface area (Å²) in [4.78, 5) is 0. The van der Waals surface area contributed by atoms with Gasteiger partial charge in [0.25, 0.3) is 0 Å². The van der Waals surface area contributed by atoms with E-state index in [1.54, 1.807) is 0 Å². The normalized spacial score (nSPS) is 5.33. The molecule has 59 valence electrons. The van der Waals surface area contributed by atoms with Crippen molar-refractivity contribution in [3.63, 3.8) is 0 Å².